The highest BCUT2D eigenvalue weighted by Gasteiger charge is 2.11. The molecule has 0 aliphatic heterocycles. The molecule has 100 valence electrons. The highest BCUT2D eigenvalue weighted by atomic mass is 32.1. The van der Waals surface area contributed by atoms with Crippen LogP contribution in [0.2, 0.25) is 0 Å². The van der Waals surface area contributed by atoms with E-state index >= 15 is 0 Å². The molecule has 20 heavy (non-hydrogen) atoms. The number of carboxylic acids is 1. The summed E-state index contributed by atoms with van der Waals surface area (Å²) in [6.45, 7) is 0. The third-order valence-corrected chi connectivity index (χ3v) is 3.70. The average molecular weight is 286 g/mol. The second-order valence-electron chi connectivity index (χ2n) is 4.20. The Bertz CT molecular complexity index is 776. The molecule has 1 aromatic carbocycles. The molecule has 2 aromatic heterocycles. The Kier molecular flexibility index (Phi) is 3.00. The molecule has 6 heteroatoms. The van der Waals surface area contributed by atoms with Crippen molar-refractivity contribution in [1.29, 1.82) is 0 Å². The summed E-state index contributed by atoms with van der Waals surface area (Å²) in [6.07, 6.45) is 1.62. The standard InChI is InChI=1S/C14H10N2O3S/c17-10-3-1-2-8(4-10)13-16-12(7-20-13)9-5-11(14(18)19)15-6-9/h1-7,15,17H,(H,18,19). The first kappa shape index (κ1) is 12.4. The molecule has 0 saturated carbocycles. The van der Waals surface area contributed by atoms with E-state index in [2.05, 4.69) is 9.97 Å². The van der Waals surface area contributed by atoms with E-state index < -0.39 is 5.97 Å². The maximum absolute atomic E-state index is 10.8. The Morgan fingerprint density at radius 3 is 2.80 bits per heavy atom. The number of nitrogens with zero attached hydrogens (tertiary/aromatic N) is 1. The van der Waals surface area contributed by atoms with Gasteiger partial charge < -0.3 is 15.2 Å². The van der Waals surface area contributed by atoms with E-state index in [-0.39, 0.29) is 11.4 Å². The van der Waals surface area contributed by atoms with Gasteiger partial charge in [-0.25, -0.2) is 9.78 Å². The smallest absolute Gasteiger partial charge is 0.352 e. The highest BCUT2D eigenvalue weighted by molar-refractivity contribution is 7.13. The van der Waals surface area contributed by atoms with Gasteiger partial charge in [-0.3, -0.25) is 0 Å². The Morgan fingerprint density at radius 1 is 1.25 bits per heavy atom. The van der Waals surface area contributed by atoms with Crippen LogP contribution in [0.1, 0.15) is 10.5 Å². The van der Waals surface area contributed by atoms with Crippen molar-refractivity contribution in [2.75, 3.05) is 0 Å². The van der Waals surface area contributed by atoms with Gasteiger partial charge in [-0.15, -0.1) is 11.3 Å². The Morgan fingerprint density at radius 2 is 2.10 bits per heavy atom. The minimum Gasteiger partial charge on any atom is -0.508 e. The average Bonchev–Trinajstić information content (AvgIpc) is 3.08. The van der Waals surface area contributed by atoms with E-state index in [9.17, 15) is 9.90 Å². The number of hydrogen-bond donors (Lipinski definition) is 3. The minimum absolute atomic E-state index is 0.131. The maximum Gasteiger partial charge on any atom is 0.352 e. The van der Waals surface area contributed by atoms with E-state index in [0.717, 1.165) is 16.1 Å². The molecule has 0 aliphatic rings. The summed E-state index contributed by atoms with van der Waals surface area (Å²) in [7, 11) is 0. The van der Waals surface area contributed by atoms with Crippen molar-refractivity contribution in [2.24, 2.45) is 0 Å². The molecule has 0 saturated heterocycles. The number of benzene rings is 1. The van der Waals surface area contributed by atoms with Crippen LogP contribution in [-0.2, 0) is 0 Å². The predicted octanol–water partition coefficient (Wildman–Crippen LogP) is 3.21. The molecule has 0 spiro atoms. The highest BCUT2D eigenvalue weighted by Crippen LogP contribution is 2.30. The van der Waals surface area contributed by atoms with Crippen LogP contribution in [0.15, 0.2) is 41.9 Å². The van der Waals surface area contributed by atoms with Crippen molar-refractivity contribution in [3.63, 3.8) is 0 Å². The van der Waals surface area contributed by atoms with Gasteiger partial charge in [-0.05, 0) is 18.2 Å². The van der Waals surface area contributed by atoms with Gasteiger partial charge in [0.05, 0.1) is 5.69 Å². The van der Waals surface area contributed by atoms with E-state index in [1.165, 1.54) is 11.3 Å². The molecular formula is C14H10N2O3S. The summed E-state index contributed by atoms with van der Waals surface area (Å²) in [5.74, 6) is -0.811. The van der Waals surface area contributed by atoms with E-state index in [4.69, 9.17) is 5.11 Å². The van der Waals surface area contributed by atoms with E-state index in [1.54, 1.807) is 30.5 Å². The van der Waals surface area contributed by atoms with Crippen molar-refractivity contribution in [2.45, 2.75) is 0 Å². The molecule has 2 heterocycles. The molecule has 5 nitrogen and oxygen atoms in total. The zero-order valence-corrected chi connectivity index (χ0v) is 11.0. The predicted molar refractivity (Wildman–Crippen MR) is 76.0 cm³/mol. The number of carbonyl (C=O) groups is 1. The van der Waals surface area contributed by atoms with Crippen molar-refractivity contribution in [3.8, 4) is 27.6 Å². The molecule has 0 fully saturated rings. The summed E-state index contributed by atoms with van der Waals surface area (Å²) >= 11 is 1.44. The summed E-state index contributed by atoms with van der Waals surface area (Å²) < 4.78 is 0. The van der Waals surface area contributed by atoms with Crippen molar-refractivity contribution < 1.29 is 15.0 Å². The van der Waals surface area contributed by atoms with Crippen molar-refractivity contribution in [1.82, 2.24) is 9.97 Å². The number of aromatic carboxylic acids is 1. The Hall–Kier alpha value is -2.60. The van der Waals surface area contributed by atoms with Crippen LogP contribution in [0.3, 0.4) is 0 Å². The third kappa shape index (κ3) is 2.28. The maximum atomic E-state index is 10.8. The normalized spacial score (nSPS) is 10.6. The Labute approximate surface area is 118 Å². The lowest BCUT2D eigenvalue weighted by molar-refractivity contribution is 0.0691. The Balaban J connectivity index is 1.95. The number of nitrogens with one attached hydrogen (secondary N) is 1. The van der Waals surface area contributed by atoms with Crippen LogP contribution in [0.25, 0.3) is 21.8 Å². The zero-order chi connectivity index (χ0) is 14.1. The second kappa shape index (κ2) is 4.82. The molecular weight excluding hydrogens is 276 g/mol. The molecule has 0 atom stereocenters. The third-order valence-electron chi connectivity index (χ3n) is 2.81. The first-order chi connectivity index (χ1) is 9.63. The number of aromatic amines is 1. The fourth-order valence-corrected chi connectivity index (χ4v) is 2.67. The van der Waals surface area contributed by atoms with Gasteiger partial charge in [0.2, 0.25) is 0 Å². The summed E-state index contributed by atoms with van der Waals surface area (Å²) in [5, 5.41) is 21.0. The summed E-state index contributed by atoms with van der Waals surface area (Å²) in [5.41, 5.74) is 2.39. The van der Waals surface area contributed by atoms with Crippen LogP contribution >= 0.6 is 11.3 Å². The van der Waals surface area contributed by atoms with Crippen LogP contribution in [0, 0.1) is 0 Å². The van der Waals surface area contributed by atoms with Gasteiger partial charge in [-0.2, -0.15) is 0 Å². The number of carboxylic acid groups (broad SMARTS) is 1. The number of aromatic hydroxyl groups is 1. The number of thiazole rings is 1. The number of hydrogen-bond acceptors (Lipinski definition) is 4. The van der Waals surface area contributed by atoms with Gasteiger partial charge in [0.1, 0.15) is 16.5 Å². The molecule has 0 bridgehead atoms. The summed E-state index contributed by atoms with van der Waals surface area (Å²) in [4.78, 5) is 18.0. The van der Waals surface area contributed by atoms with Crippen molar-refractivity contribution >= 4 is 17.3 Å². The number of H-pyrrole nitrogens is 1. The van der Waals surface area contributed by atoms with Crippen LogP contribution < -0.4 is 0 Å². The lowest BCUT2D eigenvalue weighted by Gasteiger charge is -1.96. The fraction of sp³-hybridized carbons (Fsp3) is 0. The molecule has 0 aliphatic carbocycles. The lowest BCUT2D eigenvalue weighted by atomic mass is 10.2. The number of rotatable bonds is 3. The molecule has 3 N–H and O–H groups in total. The van der Waals surface area contributed by atoms with E-state index in [0.29, 0.717) is 5.69 Å². The molecule has 3 aromatic rings. The van der Waals surface area contributed by atoms with Gasteiger partial charge in [0, 0.05) is 22.7 Å². The monoisotopic (exact) mass is 286 g/mol. The van der Waals surface area contributed by atoms with Crippen LogP contribution in [-0.4, -0.2) is 26.2 Å². The van der Waals surface area contributed by atoms with Gasteiger partial charge >= 0.3 is 5.97 Å². The van der Waals surface area contributed by atoms with E-state index in [1.807, 2.05) is 11.4 Å². The van der Waals surface area contributed by atoms with Crippen LogP contribution in [0.4, 0.5) is 0 Å². The number of phenolic OH excluding ortho intramolecular Hbond substituents is 1. The lowest BCUT2D eigenvalue weighted by Crippen LogP contribution is -1.94. The number of phenols is 1. The largest absolute Gasteiger partial charge is 0.508 e. The molecule has 0 amide bonds. The molecule has 0 radical (unpaired) electrons. The minimum atomic E-state index is -1.00. The number of aromatic nitrogens is 2. The second-order valence-corrected chi connectivity index (χ2v) is 5.05. The topological polar surface area (TPSA) is 86.2 Å². The van der Waals surface area contributed by atoms with Gasteiger partial charge in [0.15, 0.2) is 0 Å². The first-order valence-corrected chi connectivity index (χ1v) is 6.68. The zero-order valence-electron chi connectivity index (χ0n) is 10.2. The SMILES string of the molecule is O=C(O)c1cc(-c2csc(-c3cccc(O)c3)n2)c[nH]1. The van der Waals surface area contributed by atoms with Gasteiger partial charge in [0.25, 0.3) is 0 Å². The fourth-order valence-electron chi connectivity index (χ4n) is 1.84. The summed E-state index contributed by atoms with van der Waals surface area (Å²) in [6, 6.07) is 8.40. The quantitative estimate of drug-likeness (QED) is 0.690. The molecule has 0 unspecified atom stereocenters. The first-order valence-electron chi connectivity index (χ1n) is 5.80. The van der Waals surface area contributed by atoms with Crippen LogP contribution in [0.5, 0.6) is 5.75 Å². The van der Waals surface area contributed by atoms with Crippen molar-refractivity contribution in [3.05, 3.63) is 47.6 Å². The molecule has 3 rings (SSSR count). The van der Waals surface area contributed by atoms with Gasteiger partial charge in [-0.1, -0.05) is 12.1 Å².